The second-order valence-corrected chi connectivity index (χ2v) is 4.17. The first-order valence-electron chi connectivity index (χ1n) is 5.29. The molecule has 0 saturated carbocycles. The molecular weight excluding hydrogens is 261 g/mol. The first kappa shape index (κ1) is 12.4. The minimum Gasteiger partial charge on any atom is -0.351 e. The van der Waals surface area contributed by atoms with E-state index in [0.29, 0.717) is 5.15 Å². The van der Waals surface area contributed by atoms with Crippen molar-refractivity contribution in [3.8, 4) is 0 Å². The van der Waals surface area contributed by atoms with Crippen LogP contribution in [-0.4, -0.2) is 40.5 Å². The minimum absolute atomic E-state index is 0. The maximum Gasteiger partial charge on any atom is 0.180 e. The van der Waals surface area contributed by atoms with E-state index in [-0.39, 0.29) is 12.4 Å². The van der Waals surface area contributed by atoms with Crippen LogP contribution in [0.4, 0.5) is 5.82 Å². The second kappa shape index (κ2) is 5.08. The zero-order valence-corrected chi connectivity index (χ0v) is 10.7. The molecule has 0 spiro atoms. The number of hydrogen-bond donors (Lipinski definition) is 1. The third-order valence-electron chi connectivity index (χ3n) is 2.74. The van der Waals surface area contributed by atoms with E-state index < -0.39 is 0 Å². The van der Waals surface area contributed by atoms with E-state index in [1.807, 2.05) is 10.6 Å². The summed E-state index contributed by atoms with van der Waals surface area (Å²) in [6.45, 7) is 3.83. The molecular formula is C10H13Cl2N5. The van der Waals surface area contributed by atoms with Crippen molar-refractivity contribution >= 4 is 35.5 Å². The molecule has 0 aliphatic carbocycles. The van der Waals surface area contributed by atoms with Crippen LogP contribution in [-0.2, 0) is 0 Å². The highest BCUT2D eigenvalue weighted by atomic mass is 35.5. The van der Waals surface area contributed by atoms with Gasteiger partial charge in [-0.3, -0.25) is 0 Å². The lowest BCUT2D eigenvalue weighted by atomic mass is 10.3. The number of fused-ring (bicyclic) bond motifs is 1. The predicted octanol–water partition coefficient (Wildman–Crippen LogP) is 1.21. The third-order valence-corrected chi connectivity index (χ3v) is 2.93. The summed E-state index contributed by atoms with van der Waals surface area (Å²) >= 11 is 6.00. The zero-order chi connectivity index (χ0) is 11.0. The molecule has 17 heavy (non-hydrogen) atoms. The third kappa shape index (κ3) is 2.31. The molecule has 0 unspecified atom stereocenters. The van der Waals surface area contributed by atoms with Gasteiger partial charge in [-0.2, -0.15) is 0 Å². The lowest BCUT2D eigenvalue weighted by molar-refractivity contribution is 0.585. The fraction of sp³-hybridized carbons (Fsp3) is 0.400. The molecule has 5 nitrogen and oxygen atoms in total. The topological polar surface area (TPSA) is 45.5 Å². The van der Waals surface area contributed by atoms with Gasteiger partial charge in [-0.05, 0) is 0 Å². The average Bonchev–Trinajstić information content (AvgIpc) is 2.77. The normalized spacial score (nSPS) is 15.9. The summed E-state index contributed by atoms with van der Waals surface area (Å²) < 4.78 is 1.91. The lowest BCUT2D eigenvalue weighted by Gasteiger charge is -2.28. The number of nitrogens with one attached hydrogen (secondary N) is 1. The standard InChI is InChI=1S/C10H12ClN5.ClH/c11-8-7-16-6-3-13-9(16)10(14-8)15-4-1-12-2-5-15;/h3,6-7,12H,1-2,4-5H2;1H. The Labute approximate surface area is 110 Å². The molecule has 2 aromatic heterocycles. The van der Waals surface area contributed by atoms with Crippen LogP contribution in [0.3, 0.4) is 0 Å². The molecule has 1 fully saturated rings. The van der Waals surface area contributed by atoms with Crippen molar-refractivity contribution in [3.05, 3.63) is 23.7 Å². The molecule has 92 valence electrons. The summed E-state index contributed by atoms with van der Waals surface area (Å²) in [6, 6.07) is 0. The van der Waals surface area contributed by atoms with Crippen molar-refractivity contribution in [2.45, 2.75) is 0 Å². The molecule has 0 atom stereocenters. The van der Waals surface area contributed by atoms with Crippen molar-refractivity contribution < 1.29 is 0 Å². The van der Waals surface area contributed by atoms with Crippen molar-refractivity contribution in [2.75, 3.05) is 31.1 Å². The number of nitrogens with zero attached hydrogens (tertiary/aromatic N) is 4. The van der Waals surface area contributed by atoms with Crippen LogP contribution >= 0.6 is 24.0 Å². The summed E-state index contributed by atoms with van der Waals surface area (Å²) in [7, 11) is 0. The van der Waals surface area contributed by atoms with Gasteiger partial charge in [0.2, 0.25) is 0 Å². The van der Waals surface area contributed by atoms with Gasteiger partial charge in [0.05, 0.1) is 0 Å². The Balaban J connectivity index is 0.00000108. The van der Waals surface area contributed by atoms with Gasteiger partial charge in [-0.1, -0.05) is 11.6 Å². The van der Waals surface area contributed by atoms with E-state index in [1.165, 1.54) is 0 Å². The molecule has 7 heteroatoms. The van der Waals surface area contributed by atoms with Crippen molar-refractivity contribution in [3.63, 3.8) is 0 Å². The summed E-state index contributed by atoms with van der Waals surface area (Å²) in [5.74, 6) is 0.874. The maximum atomic E-state index is 6.00. The van der Waals surface area contributed by atoms with Gasteiger partial charge in [0, 0.05) is 44.8 Å². The molecule has 1 aliphatic rings. The van der Waals surface area contributed by atoms with Gasteiger partial charge >= 0.3 is 0 Å². The number of piperazine rings is 1. The maximum absolute atomic E-state index is 6.00. The number of imidazole rings is 1. The van der Waals surface area contributed by atoms with Gasteiger partial charge < -0.3 is 14.6 Å². The van der Waals surface area contributed by atoms with E-state index in [0.717, 1.165) is 37.6 Å². The van der Waals surface area contributed by atoms with Crippen LogP contribution in [0.1, 0.15) is 0 Å². The molecule has 0 amide bonds. The Bertz CT molecular complexity index is 506. The van der Waals surface area contributed by atoms with Gasteiger partial charge in [-0.25, -0.2) is 9.97 Å². The van der Waals surface area contributed by atoms with Gasteiger partial charge in [-0.15, -0.1) is 12.4 Å². The van der Waals surface area contributed by atoms with Gasteiger partial charge in [0.15, 0.2) is 11.5 Å². The fourth-order valence-corrected chi connectivity index (χ4v) is 2.16. The van der Waals surface area contributed by atoms with E-state index in [4.69, 9.17) is 11.6 Å². The van der Waals surface area contributed by atoms with Gasteiger partial charge in [0.25, 0.3) is 0 Å². The second-order valence-electron chi connectivity index (χ2n) is 3.78. The average molecular weight is 274 g/mol. The summed E-state index contributed by atoms with van der Waals surface area (Å²) in [5, 5.41) is 3.81. The van der Waals surface area contributed by atoms with E-state index in [2.05, 4.69) is 20.2 Å². The van der Waals surface area contributed by atoms with E-state index >= 15 is 0 Å². The smallest absolute Gasteiger partial charge is 0.180 e. The number of hydrogen-bond acceptors (Lipinski definition) is 4. The van der Waals surface area contributed by atoms with Crippen molar-refractivity contribution in [1.29, 1.82) is 0 Å². The van der Waals surface area contributed by atoms with E-state index in [1.54, 1.807) is 12.4 Å². The van der Waals surface area contributed by atoms with Crippen LogP contribution in [0.2, 0.25) is 5.15 Å². The molecule has 0 aromatic carbocycles. The SMILES string of the molecule is Cl.Clc1cn2ccnc2c(N2CCNCC2)n1. The minimum atomic E-state index is 0. The highest BCUT2D eigenvalue weighted by molar-refractivity contribution is 6.29. The molecule has 3 rings (SSSR count). The van der Waals surface area contributed by atoms with Crippen LogP contribution in [0, 0.1) is 0 Å². The molecule has 1 N–H and O–H groups in total. The quantitative estimate of drug-likeness (QED) is 0.849. The Hall–Kier alpha value is -1.04. The lowest BCUT2D eigenvalue weighted by Crippen LogP contribution is -2.44. The molecule has 2 aromatic rings. The number of aromatic nitrogens is 3. The number of halogens is 2. The fourth-order valence-electron chi connectivity index (χ4n) is 1.97. The number of anilines is 1. The monoisotopic (exact) mass is 273 g/mol. The van der Waals surface area contributed by atoms with Gasteiger partial charge in [0.1, 0.15) is 5.15 Å². The van der Waals surface area contributed by atoms with Crippen molar-refractivity contribution in [2.24, 2.45) is 0 Å². The molecule has 0 radical (unpaired) electrons. The number of rotatable bonds is 1. The van der Waals surface area contributed by atoms with E-state index in [9.17, 15) is 0 Å². The molecule has 0 bridgehead atoms. The van der Waals surface area contributed by atoms with Crippen molar-refractivity contribution in [1.82, 2.24) is 19.7 Å². The Kier molecular flexibility index (Phi) is 3.71. The molecule has 1 saturated heterocycles. The highest BCUT2D eigenvalue weighted by Crippen LogP contribution is 2.20. The first-order chi connectivity index (χ1) is 7.84. The van der Waals surface area contributed by atoms with Crippen LogP contribution in [0.25, 0.3) is 5.65 Å². The highest BCUT2D eigenvalue weighted by Gasteiger charge is 2.16. The predicted molar refractivity (Wildman–Crippen MR) is 70.3 cm³/mol. The largest absolute Gasteiger partial charge is 0.351 e. The summed E-state index contributed by atoms with van der Waals surface area (Å²) in [6.07, 6.45) is 5.42. The molecule has 1 aliphatic heterocycles. The Morgan fingerprint density at radius 3 is 2.82 bits per heavy atom. The Morgan fingerprint density at radius 1 is 1.29 bits per heavy atom. The summed E-state index contributed by atoms with van der Waals surface area (Å²) in [4.78, 5) is 10.9. The van der Waals surface area contributed by atoms with Crippen LogP contribution < -0.4 is 10.2 Å². The molecule has 3 heterocycles. The van der Waals surface area contributed by atoms with Crippen LogP contribution in [0.15, 0.2) is 18.6 Å². The zero-order valence-electron chi connectivity index (χ0n) is 9.14. The van der Waals surface area contributed by atoms with Crippen LogP contribution in [0.5, 0.6) is 0 Å². The first-order valence-corrected chi connectivity index (χ1v) is 5.67. The summed E-state index contributed by atoms with van der Waals surface area (Å²) in [5.41, 5.74) is 0.867. The Morgan fingerprint density at radius 2 is 2.06 bits per heavy atom.